The molecule has 0 aromatic rings. The highest BCUT2D eigenvalue weighted by molar-refractivity contribution is 4.84. The van der Waals surface area contributed by atoms with Gasteiger partial charge in [-0.15, -0.1) is 0 Å². The van der Waals surface area contributed by atoms with E-state index in [1.165, 1.54) is 0 Å². The molecule has 0 amide bonds. The summed E-state index contributed by atoms with van der Waals surface area (Å²) < 4.78 is 0. The van der Waals surface area contributed by atoms with Crippen molar-refractivity contribution in [3.8, 4) is 0 Å². The van der Waals surface area contributed by atoms with E-state index in [0.717, 1.165) is 0 Å². The van der Waals surface area contributed by atoms with E-state index in [2.05, 4.69) is 5.32 Å². The zero-order valence-corrected chi connectivity index (χ0v) is 8.78. The summed E-state index contributed by atoms with van der Waals surface area (Å²) in [5.41, 5.74) is -1.97. The summed E-state index contributed by atoms with van der Waals surface area (Å²) in [4.78, 5) is 10.00. The van der Waals surface area contributed by atoms with Gasteiger partial charge >= 0.3 is 0 Å². The van der Waals surface area contributed by atoms with E-state index < -0.39 is 23.7 Å². The van der Waals surface area contributed by atoms with Crippen molar-refractivity contribution in [2.75, 3.05) is 19.8 Å². The van der Waals surface area contributed by atoms with Crippen molar-refractivity contribution in [2.45, 2.75) is 31.8 Å². The first-order valence-corrected chi connectivity index (χ1v) is 4.39. The van der Waals surface area contributed by atoms with E-state index in [1.54, 1.807) is 0 Å². The summed E-state index contributed by atoms with van der Waals surface area (Å²) >= 11 is 0. The third kappa shape index (κ3) is 3.57. The number of nitrogens with zero attached hydrogens (tertiary/aromatic N) is 1. The maximum absolute atomic E-state index is 10.6. The quantitative estimate of drug-likeness (QED) is 0.411. The summed E-state index contributed by atoms with van der Waals surface area (Å²) in [7, 11) is 0. The molecule has 0 rings (SSSR count). The minimum Gasteiger partial charge on any atom is -0.389 e. The Morgan fingerprint density at radius 1 is 1.29 bits per heavy atom. The molecule has 0 aliphatic heterocycles. The average molecular weight is 206 g/mol. The number of hydrogen-bond acceptors (Lipinski definition) is 5. The van der Waals surface area contributed by atoms with Gasteiger partial charge in [0.15, 0.2) is 0 Å². The molecule has 84 valence electrons. The zero-order chi connectivity index (χ0) is 11.4. The van der Waals surface area contributed by atoms with Crippen molar-refractivity contribution < 1.29 is 15.1 Å². The smallest absolute Gasteiger partial charge is 0.279 e. The first-order chi connectivity index (χ1) is 6.27. The fourth-order valence-electron chi connectivity index (χ4n) is 0.772. The topological polar surface area (TPSA) is 95.6 Å². The van der Waals surface area contributed by atoms with Crippen LogP contribution in [-0.4, -0.2) is 46.0 Å². The number of nitro groups is 1. The number of aliphatic hydroxyl groups excluding tert-OH is 2. The Hall–Kier alpha value is -0.720. The largest absolute Gasteiger partial charge is 0.389 e. The molecular formula is C8H18N2O4. The maximum Gasteiger partial charge on any atom is 0.279 e. The fourth-order valence-corrected chi connectivity index (χ4v) is 0.772. The van der Waals surface area contributed by atoms with Gasteiger partial charge in [-0.25, -0.2) is 0 Å². The Bertz CT molecular complexity index is 196. The van der Waals surface area contributed by atoms with Gasteiger partial charge in [0.1, 0.15) is 13.2 Å². The number of aliphatic hydroxyl groups is 2. The maximum atomic E-state index is 10.6. The van der Waals surface area contributed by atoms with Crippen LogP contribution in [0.25, 0.3) is 0 Å². The van der Waals surface area contributed by atoms with Crippen molar-refractivity contribution in [3.05, 3.63) is 10.1 Å². The van der Waals surface area contributed by atoms with Crippen LogP contribution in [0.2, 0.25) is 0 Å². The van der Waals surface area contributed by atoms with Gasteiger partial charge in [0.25, 0.3) is 5.54 Å². The number of hydrogen-bond donors (Lipinski definition) is 3. The van der Waals surface area contributed by atoms with Crippen molar-refractivity contribution in [1.82, 2.24) is 5.32 Å². The lowest BCUT2D eigenvalue weighted by Crippen LogP contribution is -2.56. The summed E-state index contributed by atoms with van der Waals surface area (Å²) in [6.45, 7) is 4.14. The van der Waals surface area contributed by atoms with Crippen LogP contribution in [0.4, 0.5) is 0 Å². The van der Waals surface area contributed by atoms with E-state index >= 15 is 0 Å². The minimum atomic E-state index is -1.69. The monoisotopic (exact) mass is 206 g/mol. The first-order valence-electron chi connectivity index (χ1n) is 4.39. The molecule has 0 aliphatic rings. The summed E-state index contributed by atoms with van der Waals surface area (Å²) in [6, 6.07) is 0. The summed E-state index contributed by atoms with van der Waals surface area (Å²) in [6.07, 6.45) is 0. The molecule has 0 aromatic carbocycles. The van der Waals surface area contributed by atoms with Gasteiger partial charge in [-0.05, 0) is 20.8 Å². The molecule has 0 saturated heterocycles. The second-order valence-electron chi connectivity index (χ2n) is 4.40. The molecule has 0 spiro atoms. The standard InChI is InChI=1S/C8H18N2O4/c1-7(2,3)9-4-8(5-11,6-12)10(13)14/h9,11-12H,4-6H2,1-3H3. The fraction of sp³-hybridized carbons (Fsp3) is 1.00. The van der Waals surface area contributed by atoms with E-state index in [1.807, 2.05) is 20.8 Å². The molecule has 0 aliphatic carbocycles. The molecule has 0 fully saturated rings. The number of rotatable bonds is 5. The SMILES string of the molecule is CC(C)(C)NCC(CO)(CO)[N+](=O)[O-]. The highest BCUT2D eigenvalue weighted by Crippen LogP contribution is 2.09. The lowest BCUT2D eigenvalue weighted by molar-refractivity contribution is -0.575. The molecule has 0 bridgehead atoms. The van der Waals surface area contributed by atoms with E-state index in [0.29, 0.717) is 0 Å². The average Bonchev–Trinajstić information content (AvgIpc) is 2.04. The molecule has 3 N–H and O–H groups in total. The van der Waals surface area contributed by atoms with Gasteiger partial charge < -0.3 is 15.5 Å². The Labute approximate surface area is 83.1 Å². The summed E-state index contributed by atoms with van der Waals surface area (Å²) in [5.74, 6) is 0. The normalized spacial score (nSPS) is 12.9. The van der Waals surface area contributed by atoms with Gasteiger partial charge in [-0.1, -0.05) is 0 Å². The Morgan fingerprint density at radius 3 is 1.93 bits per heavy atom. The second-order valence-corrected chi connectivity index (χ2v) is 4.40. The van der Waals surface area contributed by atoms with Gasteiger partial charge in [0.05, 0.1) is 6.54 Å². The van der Waals surface area contributed by atoms with Crippen LogP contribution >= 0.6 is 0 Å². The van der Waals surface area contributed by atoms with Gasteiger partial charge in [0.2, 0.25) is 0 Å². The first kappa shape index (κ1) is 13.3. The predicted octanol–water partition coefficient (Wildman–Crippen LogP) is -0.625. The van der Waals surface area contributed by atoms with Crippen LogP contribution in [0.15, 0.2) is 0 Å². The zero-order valence-electron chi connectivity index (χ0n) is 8.78. The molecule has 6 nitrogen and oxygen atoms in total. The lowest BCUT2D eigenvalue weighted by Gasteiger charge is -2.27. The van der Waals surface area contributed by atoms with Crippen LogP contribution < -0.4 is 5.32 Å². The predicted molar refractivity (Wildman–Crippen MR) is 51.7 cm³/mol. The molecule has 0 atom stereocenters. The van der Waals surface area contributed by atoms with Crippen LogP contribution in [0.1, 0.15) is 20.8 Å². The molecule has 0 radical (unpaired) electrons. The molecule has 0 heterocycles. The van der Waals surface area contributed by atoms with Gasteiger partial charge in [-0.2, -0.15) is 0 Å². The van der Waals surface area contributed by atoms with Crippen LogP contribution in [0, 0.1) is 10.1 Å². The molecular weight excluding hydrogens is 188 g/mol. The molecule has 0 saturated carbocycles. The Morgan fingerprint density at radius 2 is 1.71 bits per heavy atom. The van der Waals surface area contributed by atoms with Crippen LogP contribution in [0.3, 0.4) is 0 Å². The Kier molecular flexibility index (Phi) is 4.44. The van der Waals surface area contributed by atoms with Gasteiger partial charge in [0, 0.05) is 10.5 Å². The third-order valence-corrected chi connectivity index (χ3v) is 1.92. The van der Waals surface area contributed by atoms with Gasteiger partial charge in [-0.3, -0.25) is 10.1 Å². The molecule has 0 aromatic heterocycles. The summed E-state index contributed by atoms with van der Waals surface area (Å²) in [5, 5.41) is 31.3. The van der Waals surface area contributed by atoms with Crippen molar-refractivity contribution in [3.63, 3.8) is 0 Å². The Balaban J connectivity index is 4.45. The van der Waals surface area contributed by atoms with Crippen molar-refractivity contribution in [1.29, 1.82) is 0 Å². The number of nitrogens with one attached hydrogen (secondary N) is 1. The van der Waals surface area contributed by atoms with Crippen molar-refractivity contribution >= 4 is 0 Å². The second kappa shape index (κ2) is 4.68. The van der Waals surface area contributed by atoms with E-state index in [-0.39, 0.29) is 12.1 Å². The lowest BCUT2D eigenvalue weighted by atomic mass is 10.0. The van der Waals surface area contributed by atoms with E-state index in [9.17, 15) is 10.1 Å². The minimum absolute atomic E-state index is 0.0590. The highest BCUT2D eigenvalue weighted by atomic mass is 16.6. The van der Waals surface area contributed by atoms with Crippen molar-refractivity contribution in [2.24, 2.45) is 0 Å². The van der Waals surface area contributed by atoms with Crippen LogP contribution in [0.5, 0.6) is 0 Å². The third-order valence-electron chi connectivity index (χ3n) is 1.92. The highest BCUT2D eigenvalue weighted by Gasteiger charge is 2.42. The molecule has 14 heavy (non-hydrogen) atoms. The van der Waals surface area contributed by atoms with Crippen LogP contribution in [-0.2, 0) is 0 Å². The molecule has 6 heteroatoms. The van der Waals surface area contributed by atoms with E-state index in [4.69, 9.17) is 10.2 Å². The molecule has 0 unspecified atom stereocenters.